The van der Waals surface area contributed by atoms with E-state index in [0.717, 1.165) is 43.0 Å². The molecule has 0 N–H and O–H groups in total. The highest BCUT2D eigenvalue weighted by Crippen LogP contribution is 2.39. The number of carbonyl (C=O) groups excluding carboxylic acids is 1. The van der Waals surface area contributed by atoms with Crippen molar-refractivity contribution in [2.24, 2.45) is 0 Å². The smallest absolute Gasteiger partial charge is 0.309 e. The Kier molecular flexibility index (Phi) is 4.80. The molecule has 26 heavy (non-hydrogen) atoms. The number of carbonyl (C=O) groups is 1. The Morgan fingerprint density at radius 1 is 1.15 bits per heavy atom. The van der Waals surface area contributed by atoms with E-state index in [0.29, 0.717) is 19.3 Å². The molecule has 2 aromatic carbocycles. The minimum Gasteiger partial charge on any atom is -0.469 e. The Labute approximate surface area is 153 Å². The molecule has 0 bridgehead atoms. The summed E-state index contributed by atoms with van der Waals surface area (Å²) in [6.45, 7) is 2.17. The number of hydrogen-bond donors (Lipinski definition) is 0. The fraction of sp³-hybridized carbons (Fsp3) is 0.381. The van der Waals surface area contributed by atoms with E-state index in [2.05, 4.69) is 23.1 Å². The van der Waals surface area contributed by atoms with Crippen molar-refractivity contribution in [3.05, 3.63) is 59.2 Å². The monoisotopic (exact) mass is 353 g/mol. The van der Waals surface area contributed by atoms with Gasteiger partial charge < -0.3 is 14.2 Å². The van der Waals surface area contributed by atoms with Gasteiger partial charge >= 0.3 is 5.97 Å². The van der Waals surface area contributed by atoms with Crippen LogP contribution >= 0.6 is 0 Å². The predicted octanol–water partition coefficient (Wildman–Crippen LogP) is 3.47. The molecule has 136 valence electrons. The van der Waals surface area contributed by atoms with E-state index >= 15 is 0 Å². The molecule has 1 unspecified atom stereocenters. The van der Waals surface area contributed by atoms with Gasteiger partial charge in [-0.15, -0.1) is 0 Å². The van der Waals surface area contributed by atoms with Gasteiger partial charge in [0.05, 0.1) is 13.5 Å². The maximum atomic E-state index is 11.7. The summed E-state index contributed by atoms with van der Waals surface area (Å²) in [5, 5.41) is 0. The third-order valence-corrected chi connectivity index (χ3v) is 5.20. The molecule has 2 aromatic rings. The summed E-state index contributed by atoms with van der Waals surface area (Å²) in [6, 6.07) is 14.7. The van der Waals surface area contributed by atoms with Gasteiger partial charge in [-0.1, -0.05) is 30.3 Å². The summed E-state index contributed by atoms with van der Waals surface area (Å²) in [6.07, 6.45) is 2.60. The van der Waals surface area contributed by atoms with Crippen LogP contribution in [0.2, 0.25) is 0 Å². The molecule has 5 heteroatoms. The topological polar surface area (TPSA) is 48.0 Å². The molecule has 0 saturated carbocycles. The van der Waals surface area contributed by atoms with Crippen molar-refractivity contribution < 1.29 is 19.0 Å². The van der Waals surface area contributed by atoms with Crippen molar-refractivity contribution >= 4 is 5.97 Å². The molecule has 1 atom stereocenters. The molecule has 0 spiro atoms. The molecule has 0 aromatic heterocycles. The Morgan fingerprint density at radius 2 is 1.96 bits per heavy atom. The molecule has 2 heterocycles. The average Bonchev–Trinajstić information content (AvgIpc) is 3.31. The first-order valence-corrected chi connectivity index (χ1v) is 9.02. The molecule has 1 fully saturated rings. The summed E-state index contributed by atoms with van der Waals surface area (Å²) < 4.78 is 15.8. The third kappa shape index (κ3) is 3.40. The first kappa shape index (κ1) is 16.9. The maximum absolute atomic E-state index is 11.7. The molecule has 5 nitrogen and oxygen atoms in total. The minimum atomic E-state index is -0.203. The van der Waals surface area contributed by atoms with E-state index in [9.17, 15) is 4.79 Å². The first-order chi connectivity index (χ1) is 12.7. The molecule has 0 aliphatic carbocycles. The van der Waals surface area contributed by atoms with Crippen molar-refractivity contribution in [1.82, 2.24) is 4.90 Å². The number of benzene rings is 2. The second-order valence-electron chi connectivity index (χ2n) is 6.76. The van der Waals surface area contributed by atoms with Gasteiger partial charge in [0.2, 0.25) is 6.79 Å². The van der Waals surface area contributed by atoms with Gasteiger partial charge in [0.25, 0.3) is 0 Å². The van der Waals surface area contributed by atoms with Crippen molar-refractivity contribution in [2.75, 3.05) is 20.4 Å². The number of esters is 1. The Morgan fingerprint density at radius 3 is 2.81 bits per heavy atom. The van der Waals surface area contributed by atoms with Gasteiger partial charge in [0.15, 0.2) is 11.5 Å². The highest BCUT2D eigenvalue weighted by molar-refractivity contribution is 5.72. The zero-order chi connectivity index (χ0) is 17.9. The van der Waals surface area contributed by atoms with Gasteiger partial charge in [-0.05, 0) is 48.2 Å². The fourth-order valence-electron chi connectivity index (χ4n) is 3.84. The molecule has 2 aliphatic heterocycles. The molecule has 2 aliphatic rings. The van der Waals surface area contributed by atoms with Crippen molar-refractivity contribution in [3.8, 4) is 11.5 Å². The van der Waals surface area contributed by atoms with E-state index < -0.39 is 0 Å². The summed E-state index contributed by atoms with van der Waals surface area (Å²) in [5.74, 6) is 1.45. The number of fused-ring (bicyclic) bond motifs is 1. The van der Waals surface area contributed by atoms with Crippen LogP contribution in [-0.2, 0) is 22.5 Å². The van der Waals surface area contributed by atoms with E-state index in [-0.39, 0.29) is 5.97 Å². The summed E-state index contributed by atoms with van der Waals surface area (Å²) in [7, 11) is 1.43. The molecular weight excluding hydrogens is 330 g/mol. The predicted molar refractivity (Wildman–Crippen MR) is 97.1 cm³/mol. The lowest BCUT2D eigenvalue weighted by Gasteiger charge is -2.26. The zero-order valence-corrected chi connectivity index (χ0v) is 14.9. The van der Waals surface area contributed by atoms with Crippen LogP contribution in [0.25, 0.3) is 0 Å². The van der Waals surface area contributed by atoms with Gasteiger partial charge in [-0.2, -0.15) is 0 Å². The Balaban J connectivity index is 1.54. The van der Waals surface area contributed by atoms with Crippen LogP contribution in [0.3, 0.4) is 0 Å². The normalized spacial score (nSPS) is 18.9. The van der Waals surface area contributed by atoms with Gasteiger partial charge in [0.1, 0.15) is 0 Å². The second kappa shape index (κ2) is 7.38. The van der Waals surface area contributed by atoms with Gasteiger partial charge in [-0.25, -0.2) is 0 Å². The van der Waals surface area contributed by atoms with Crippen LogP contribution in [0.15, 0.2) is 42.5 Å². The van der Waals surface area contributed by atoms with Crippen LogP contribution in [-0.4, -0.2) is 31.3 Å². The number of hydrogen-bond acceptors (Lipinski definition) is 5. The Hall–Kier alpha value is -2.53. The number of rotatable bonds is 5. The third-order valence-electron chi connectivity index (χ3n) is 5.20. The van der Waals surface area contributed by atoms with E-state index in [1.54, 1.807) is 0 Å². The van der Waals surface area contributed by atoms with Crippen LogP contribution < -0.4 is 9.47 Å². The average molecular weight is 353 g/mol. The first-order valence-electron chi connectivity index (χ1n) is 9.02. The van der Waals surface area contributed by atoms with Gasteiger partial charge in [0, 0.05) is 12.6 Å². The molecule has 1 saturated heterocycles. The Bertz CT molecular complexity index is 804. The quantitative estimate of drug-likeness (QED) is 0.771. The highest BCUT2D eigenvalue weighted by Gasteiger charge is 2.28. The van der Waals surface area contributed by atoms with E-state index in [1.165, 1.54) is 18.2 Å². The number of nitrogens with zero attached hydrogens (tertiary/aromatic N) is 1. The van der Waals surface area contributed by atoms with Gasteiger partial charge in [-0.3, -0.25) is 9.69 Å². The van der Waals surface area contributed by atoms with Crippen LogP contribution in [0.1, 0.15) is 35.6 Å². The number of ether oxygens (including phenoxy) is 3. The number of methoxy groups -OCH3 is 1. The van der Waals surface area contributed by atoms with Crippen LogP contribution in [0.5, 0.6) is 11.5 Å². The SMILES string of the molecule is COC(=O)Cc1ccccc1CN1CCCC1c1ccc2c(c1)OCO2. The van der Waals surface area contributed by atoms with Crippen molar-refractivity contribution in [1.29, 1.82) is 0 Å². The van der Waals surface area contributed by atoms with E-state index in [4.69, 9.17) is 14.2 Å². The lowest BCUT2D eigenvalue weighted by molar-refractivity contribution is -0.139. The van der Waals surface area contributed by atoms with Crippen molar-refractivity contribution in [3.63, 3.8) is 0 Å². The lowest BCUT2D eigenvalue weighted by atomic mass is 10.0. The van der Waals surface area contributed by atoms with Crippen LogP contribution in [0, 0.1) is 0 Å². The summed E-state index contributed by atoms with van der Waals surface area (Å²) >= 11 is 0. The molecule has 0 amide bonds. The highest BCUT2D eigenvalue weighted by atomic mass is 16.7. The number of likely N-dealkylation sites (tertiary alicyclic amines) is 1. The maximum Gasteiger partial charge on any atom is 0.309 e. The van der Waals surface area contributed by atoms with E-state index in [1.807, 2.05) is 24.3 Å². The second-order valence-corrected chi connectivity index (χ2v) is 6.76. The molecule has 4 rings (SSSR count). The van der Waals surface area contributed by atoms with Crippen molar-refractivity contribution in [2.45, 2.75) is 31.8 Å². The molecular formula is C21H23NO4. The zero-order valence-electron chi connectivity index (χ0n) is 14.9. The fourth-order valence-corrected chi connectivity index (χ4v) is 3.84. The summed E-state index contributed by atoms with van der Waals surface area (Å²) in [5.41, 5.74) is 3.48. The largest absolute Gasteiger partial charge is 0.469 e. The summed E-state index contributed by atoms with van der Waals surface area (Å²) in [4.78, 5) is 14.2. The van der Waals surface area contributed by atoms with Crippen LogP contribution in [0.4, 0.5) is 0 Å². The standard InChI is InChI=1S/C21H23NO4/c1-24-21(23)12-15-5-2-3-6-17(15)13-22-10-4-7-18(22)16-8-9-19-20(11-16)26-14-25-19/h2-3,5-6,8-9,11,18H,4,7,10,12-14H2,1H3. The molecule has 0 radical (unpaired) electrons. The minimum absolute atomic E-state index is 0.203. The lowest BCUT2D eigenvalue weighted by Crippen LogP contribution is -2.23.